The molecule has 2 amide bonds. The second-order valence-electron chi connectivity index (χ2n) is 6.86. The highest BCUT2D eigenvalue weighted by Crippen LogP contribution is 2.37. The number of nitrogens with zero attached hydrogens (tertiary/aromatic N) is 2. The van der Waals surface area contributed by atoms with Gasteiger partial charge in [0.05, 0.1) is 5.02 Å². The summed E-state index contributed by atoms with van der Waals surface area (Å²) in [5.41, 5.74) is 2.96. The maximum absolute atomic E-state index is 13.7. The molecule has 0 aliphatic carbocycles. The number of halogens is 1. The van der Waals surface area contributed by atoms with Gasteiger partial charge in [-0.3, -0.25) is 14.5 Å². The summed E-state index contributed by atoms with van der Waals surface area (Å²) in [7, 11) is 0. The van der Waals surface area contributed by atoms with Crippen molar-refractivity contribution < 1.29 is 14.1 Å². The average Bonchev–Trinajstić information content (AvgIpc) is 3.29. The Hall–Kier alpha value is -3.12. The van der Waals surface area contributed by atoms with E-state index in [2.05, 4.69) is 10.5 Å². The molecule has 2 aromatic carbocycles. The molecule has 0 saturated heterocycles. The number of hydrogen-bond acceptors (Lipinski definition) is 4. The first-order valence-electron chi connectivity index (χ1n) is 9.43. The third kappa shape index (κ3) is 3.29. The van der Waals surface area contributed by atoms with Crippen molar-refractivity contribution in [3.05, 3.63) is 70.4 Å². The predicted octanol–water partition coefficient (Wildman–Crippen LogP) is 4.01. The molecule has 0 fully saturated rings. The molecule has 3 aromatic rings. The van der Waals surface area contributed by atoms with E-state index < -0.39 is 6.04 Å². The van der Waals surface area contributed by atoms with Crippen molar-refractivity contribution in [1.82, 2.24) is 10.5 Å². The van der Waals surface area contributed by atoms with Gasteiger partial charge < -0.3 is 9.84 Å². The summed E-state index contributed by atoms with van der Waals surface area (Å²) in [5, 5.41) is 7.39. The fourth-order valence-electron chi connectivity index (χ4n) is 3.72. The maximum Gasteiger partial charge on any atom is 0.264 e. The number of aryl methyl sites for hydroxylation is 1. The minimum Gasteiger partial charge on any atom is -0.360 e. The van der Waals surface area contributed by atoms with Crippen LogP contribution in [0.4, 0.5) is 5.69 Å². The number of likely N-dealkylation sites (N-methyl/N-ethyl adjacent to an activating group) is 1. The van der Waals surface area contributed by atoms with Crippen molar-refractivity contribution in [2.24, 2.45) is 0 Å². The molecule has 148 valence electrons. The molecule has 0 spiro atoms. The van der Waals surface area contributed by atoms with Crippen LogP contribution < -0.4 is 10.2 Å². The van der Waals surface area contributed by atoms with Gasteiger partial charge in [-0.05, 0) is 31.5 Å². The fraction of sp³-hybridized carbons (Fsp3) is 0.227. The molecule has 0 unspecified atom stereocenters. The third-order valence-corrected chi connectivity index (χ3v) is 5.38. The first kappa shape index (κ1) is 19.2. The lowest BCUT2D eigenvalue weighted by molar-refractivity contribution is -0.122. The van der Waals surface area contributed by atoms with Crippen molar-refractivity contribution in [1.29, 1.82) is 0 Å². The predicted molar refractivity (Wildman–Crippen MR) is 111 cm³/mol. The van der Waals surface area contributed by atoms with Crippen molar-refractivity contribution in [2.75, 3.05) is 11.4 Å². The van der Waals surface area contributed by atoms with Gasteiger partial charge in [0, 0.05) is 24.2 Å². The van der Waals surface area contributed by atoms with Gasteiger partial charge in [0.1, 0.15) is 23.1 Å². The third-order valence-electron chi connectivity index (χ3n) is 5.05. The Labute approximate surface area is 173 Å². The largest absolute Gasteiger partial charge is 0.360 e. The molecule has 2 heterocycles. The van der Waals surface area contributed by atoms with Crippen LogP contribution in [0.5, 0.6) is 0 Å². The normalized spacial score (nSPS) is 15.3. The van der Waals surface area contributed by atoms with Gasteiger partial charge in [-0.25, -0.2) is 0 Å². The van der Waals surface area contributed by atoms with Crippen LogP contribution >= 0.6 is 11.6 Å². The van der Waals surface area contributed by atoms with Crippen LogP contribution in [0.25, 0.3) is 11.3 Å². The Bertz CT molecular complexity index is 1090. The summed E-state index contributed by atoms with van der Waals surface area (Å²) in [6.07, 6.45) is 0.458. The summed E-state index contributed by atoms with van der Waals surface area (Å²) in [6, 6.07) is 14.1. The van der Waals surface area contributed by atoms with Crippen LogP contribution in [0.15, 0.2) is 53.1 Å². The summed E-state index contributed by atoms with van der Waals surface area (Å²) < 4.78 is 5.36. The van der Waals surface area contributed by atoms with E-state index >= 15 is 0 Å². The van der Waals surface area contributed by atoms with E-state index in [-0.39, 0.29) is 11.8 Å². The highest BCUT2D eigenvalue weighted by molar-refractivity contribution is 6.33. The van der Waals surface area contributed by atoms with Crippen LogP contribution in [-0.2, 0) is 11.2 Å². The molecule has 0 radical (unpaired) electrons. The zero-order valence-electron chi connectivity index (χ0n) is 16.1. The molecule has 1 N–H and O–H groups in total. The minimum atomic E-state index is -0.631. The Morgan fingerprint density at radius 2 is 1.93 bits per heavy atom. The van der Waals surface area contributed by atoms with E-state index in [0.29, 0.717) is 40.6 Å². The van der Waals surface area contributed by atoms with Crippen LogP contribution in [0.2, 0.25) is 5.02 Å². The van der Waals surface area contributed by atoms with E-state index in [1.807, 2.05) is 43.3 Å². The number of nitrogens with one attached hydrogen (secondary N) is 1. The number of rotatable bonds is 4. The topological polar surface area (TPSA) is 75.4 Å². The Morgan fingerprint density at radius 3 is 2.69 bits per heavy atom. The molecular weight excluding hydrogens is 390 g/mol. The summed E-state index contributed by atoms with van der Waals surface area (Å²) in [5.74, 6) is -0.144. The molecule has 1 atom stereocenters. The molecule has 0 saturated carbocycles. The summed E-state index contributed by atoms with van der Waals surface area (Å²) in [6.45, 7) is 4.03. The second-order valence-corrected chi connectivity index (χ2v) is 7.27. The number of hydrogen-bond donors (Lipinski definition) is 1. The Morgan fingerprint density at radius 1 is 1.21 bits per heavy atom. The lowest BCUT2D eigenvalue weighted by atomic mass is 10.0. The number of aromatic nitrogens is 1. The van der Waals surface area contributed by atoms with E-state index in [0.717, 1.165) is 11.3 Å². The van der Waals surface area contributed by atoms with Crippen molar-refractivity contribution in [3.63, 3.8) is 0 Å². The summed E-state index contributed by atoms with van der Waals surface area (Å²) in [4.78, 5) is 28.0. The molecule has 4 rings (SSSR count). The first-order chi connectivity index (χ1) is 14.0. The number of carbonyl (C=O) groups excluding carboxylic acids is 2. The van der Waals surface area contributed by atoms with E-state index in [1.165, 1.54) is 0 Å². The average molecular weight is 410 g/mol. The molecule has 29 heavy (non-hydrogen) atoms. The number of fused-ring (bicyclic) bond motifs is 1. The van der Waals surface area contributed by atoms with Gasteiger partial charge in [0.2, 0.25) is 5.91 Å². The zero-order valence-corrected chi connectivity index (χ0v) is 16.9. The fourth-order valence-corrected chi connectivity index (χ4v) is 3.95. The smallest absolute Gasteiger partial charge is 0.264 e. The van der Waals surface area contributed by atoms with E-state index in [9.17, 15) is 9.59 Å². The van der Waals surface area contributed by atoms with E-state index in [1.54, 1.807) is 24.0 Å². The number of amides is 2. The number of anilines is 1. The van der Waals surface area contributed by atoms with Gasteiger partial charge in [0.15, 0.2) is 0 Å². The molecular formula is C22H20ClN3O3. The highest BCUT2D eigenvalue weighted by atomic mass is 35.5. The van der Waals surface area contributed by atoms with Crippen LogP contribution in [0.1, 0.15) is 28.6 Å². The molecule has 1 aliphatic heterocycles. The van der Waals surface area contributed by atoms with Crippen LogP contribution in [0.3, 0.4) is 0 Å². The molecule has 1 aromatic heterocycles. The lowest BCUT2D eigenvalue weighted by Gasteiger charge is -2.25. The van der Waals surface area contributed by atoms with Gasteiger partial charge >= 0.3 is 0 Å². The van der Waals surface area contributed by atoms with Gasteiger partial charge in [-0.1, -0.05) is 53.2 Å². The van der Waals surface area contributed by atoms with Gasteiger partial charge in [0.25, 0.3) is 5.91 Å². The molecule has 6 nitrogen and oxygen atoms in total. The maximum atomic E-state index is 13.7. The van der Waals surface area contributed by atoms with Crippen molar-refractivity contribution in [2.45, 2.75) is 26.3 Å². The van der Waals surface area contributed by atoms with Crippen LogP contribution in [0, 0.1) is 6.92 Å². The lowest BCUT2D eigenvalue weighted by Crippen LogP contribution is -2.48. The Kier molecular flexibility index (Phi) is 5.11. The quantitative estimate of drug-likeness (QED) is 0.706. The van der Waals surface area contributed by atoms with Crippen LogP contribution in [-0.4, -0.2) is 29.6 Å². The van der Waals surface area contributed by atoms with Gasteiger partial charge in [-0.2, -0.15) is 0 Å². The first-order valence-corrected chi connectivity index (χ1v) is 9.81. The van der Waals surface area contributed by atoms with Crippen molar-refractivity contribution in [3.8, 4) is 11.3 Å². The second kappa shape index (κ2) is 7.72. The SMILES string of the molecule is CCNC(=O)[C@H]1Cc2ccccc2N1C(=O)c1c(-c2ccccc2Cl)noc1C. The number of benzene rings is 2. The standard InChI is InChI=1S/C22H20ClN3O3/c1-3-24-21(27)18-12-14-8-4-7-11-17(14)26(18)22(28)19-13(2)29-25-20(19)15-9-5-6-10-16(15)23/h4-11,18H,3,12H2,1-2H3,(H,24,27)/t18-/m1/s1. The van der Waals surface area contributed by atoms with Gasteiger partial charge in [-0.15, -0.1) is 0 Å². The van der Waals surface area contributed by atoms with E-state index in [4.69, 9.17) is 16.1 Å². The zero-order chi connectivity index (χ0) is 20.5. The molecule has 0 bridgehead atoms. The Balaban J connectivity index is 1.82. The summed E-state index contributed by atoms with van der Waals surface area (Å²) >= 11 is 6.34. The molecule has 1 aliphatic rings. The highest BCUT2D eigenvalue weighted by Gasteiger charge is 2.40. The number of para-hydroxylation sites is 1. The molecule has 7 heteroatoms. The monoisotopic (exact) mass is 409 g/mol. The number of carbonyl (C=O) groups is 2. The van der Waals surface area contributed by atoms with Crippen molar-refractivity contribution >= 4 is 29.1 Å². The minimum absolute atomic E-state index is 0.189.